The van der Waals surface area contributed by atoms with E-state index in [1.165, 1.54) is 0 Å². The van der Waals surface area contributed by atoms with Gasteiger partial charge < -0.3 is 14.0 Å². The Kier molecular flexibility index (Phi) is 4.19. The molecule has 1 saturated heterocycles. The molecule has 5 nitrogen and oxygen atoms in total. The van der Waals surface area contributed by atoms with Crippen molar-refractivity contribution in [2.45, 2.75) is 38.7 Å². The lowest BCUT2D eigenvalue weighted by atomic mass is 9.80. The Morgan fingerprint density at radius 2 is 2.09 bits per heavy atom. The molecule has 0 amide bonds. The van der Waals surface area contributed by atoms with Gasteiger partial charge >= 0.3 is 11.9 Å². The predicted octanol–water partition coefficient (Wildman–Crippen LogP) is 1.60. The van der Waals surface area contributed by atoms with Gasteiger partial charge in [-0.3, -0.25) is 9.59 Å². The van der Waals surface area contributed by atoms with Gasteiger partial charge in [-0.2, -0.15) is 0 Å². The van der Waals surface area contributed by atoms with Gasteiger partial charge in [0.15, 0.2) is 0 Å². The van der Waals surface area contributed by atoms with E-state index < -0.39 is 0 Å². The molecule has 0 spiro atoms. The van der Waals surface area contributed by atoms with E-state index in [0.29, 0.717) is 12.5 Å². The lowest BCUT2D eigenvalue weighted by Gasteiger charge is -2.29. The van der Waals surface area contributed by atoms with E-state index in [-0.39, 0.29) is 35.8 Å². The van der Waals surface area contributed by atoms with Crippen molar-refractivity contribution in [1.82, 2.24) is 0 Å². The summed E-state index contributed by atoms with van der Waals surface area (Å²) in [5.74, 6) is -0.229. The summed E-state index contributed by atoms with van der Waals surface area (Å²) in [4.78, 5) is 24.3. The van der Waals surface area contributed by atoms with Crippen LogP contribution in [0, 0.1) is 23.7 Å². The Balaban J connectivity index is 1.46. The van der Waals surface area contributed by atoms with E-state index in [0.717, 1.165) is 43.3 Å². The van der Waals surface area contributed by atoms with Crippen molar-refractivity contribution >= 4 is 11.9 Å². The number of hydrogen-bond acceptors (Lipinski definition) is 4. The summed E-state index contributed by atoms with van der Waals surface area (Å²) in [6.07, 6.45) is 3.92. The van der Waals surface area contributed by atoms with Crippen molar-refractivity contribution in [1.29, 1.82) is 0 Å². The van der Waals surface area contributed by atoms with Crippen LogP contribution in [0.25, 0.3) is 0 Å². The summed E-state index contributed by atoms with van der Waals surface area (Å²) in [5, 5.41) is 0. The molecule has 0 N–H and O–H groups in total. The molecular weight excluding hydrogens is 282 g/mol. The largest absolute Gasteiger partial charge is 0.465 e. The van der Waals surface area contributed by atoms with Crippen LogP contribution >= 0.6 is 0 Å². The summed E-state index contributed by atoms with van der Waals surface area (Å²) in [7, 11) is 4.41. The first-order valence-electron chi connectivity index (χ1n) is 8.62. The second-order valence-corrected chi connectivity index (χ2v) is 7.83. The fourth-order valence-corrected chi connectivity index (χ4v) is 4.80. The zero-order chi connectivity index (χ0) is 15.9. The van der Waals surface area contributed by atoms with Gasteiger partial charge in [-0.05, 0) is 25.2 Å². The van der Waals surface area contributed by atoms with Crippen LogP contribution in [0.3, 0.4) is 0 Å². The fourth-order valence-electron chi connectivity index (χ4n) is 4.80. The molecule has 2 bridgehead atoms. The van der Waals surface area contributed by atoms with E-state index >= 15 is 0 Å². The molecule has 22 heavy (non-hydrogen) atoms. The molecule has 5 heteroatoms. The average Bonchev–Trinajstić information content (AvgIpc) is 3.04. The number of hydrogen-bond donors (Lipinski definition) is 0. The molecule has 0 aromatic rings. The molecule has 124 valence electrons. The normalized spacial score (nSPS) is 35.8. The highest BCUT2D eigenvalue weighted by Crippen LogP contribution is 2.57. The highest BCUT2D eigenvalue weighted by Gasteiger charge is 2.64. The second kappa shape index (κ2) is 5.84. The molecule has 1 heterocycles. The van der Waals surface area contributed by atoms with Crippen molar-refractivity contribution in [3.05, 3.63) is 0 Å². The van der Waals surface area contributed by atoms with Crippen LogP contribution < -0.4 is 0 Å². The van der Waals surface area contributed by atoms with Crippen molar-refractivity contribution in [2.75, 3.05) is 33.8 Å². The van der Waals surface area contributed by atoms with Crippen molar-refractivity contribution in [3.8, 4) is 0 Å². The van der Waals surface area contributed by atoms with Crippen LogP contribution in [0.5, 0.6) is 0 Å². The molecule has 5 atom stereocenters. The number of carbonyl (C=O) groups is 2. The highest BCUT2D eigenvalue weighted by atomic mass is 16.6. The molecule has 2 aliphatic carbocycles. The Labute approximate surface area is 132 Å². The van der Waals surface area contributed by atoms with Gasteiger partial charge in [0.2, 0.25) is 0 Å². The molecule has 1 aliphatic heterocycles. The Bertz CT molecular complexity index is 460. The van der Waals surface area contributed by atoms with Crippen LogP contribution in [0.1, 0.15) is 32.6 Å². The zero-order valence-corrected chi connectivity index (χ0v) is 13.9. The number of ether oxygens (including phenoxy) is 2. The third-order valence-electron chi connectivity index (χ3n) is 5.74. The minimum Gasteiger partial charge on any atom is -0.465 e. The van der Waals surface area contributed by atoms with Gasteiger partial charge in [0.05, 0.1) is 45.6 Å². The highest BCUT2D eigenvalue weighted by molar-refractivity contribution is 5.85. The molecule has 3 rings (SSSR count). The van der Waals surface area contributed by atoms with Gasteiger partial charge in [0, 0.05) is 12.3 Å². The minimum absolute atomic E-state index is 0.0821. The average molecular weight is 310 g/mol. The lowest BCUT2D eigenvalue weighted by Crippen LogP contribution is -2.41. The molecule has 3 aliphatic rings. The summed E-state index contributed by atoms with van der Waals surface area (Å²) in [6.45, 7) is 4.79. The van der Waals surface area contributed by atoms with E-state index in [2.05, 4.69) is 21.0 Å². The maximum absolute atomic E-state index is 12.4. The van der Waals surface area contributed by atoms with Crippen LogP contribution in [0.4, 0.5) is 0 Å². The second-order valence-electron chi connectivity index (χ2n) is 7.83. The van der Waals surface area contributed by atoms with Crippen molar-refractivity contribution in [3.63, 3.8) is 0 Å². The number of rotatable bonds is 7. The molecule has 0 aromatic heterocycles. The maximum Gasteiger partial charge on any atom is 0.310 e. The van der Waals surface area contributed by atoms with Gasteiger partial charge in [-0.15, -0.1) is 0 Å². The lowest BCUT2D eigenvalue weighted by molar-refractivity contribution is -0.890. The summed E-state index contributed by atoms with van der Waals surface area (Å²) < 4.78 is 11.8. The van der Waals surface area contributed by atoms with E-state index in [1.54, 1.807) is 0 Å². The number of carbonyl (C=O) groups excluding carboxylic acids is 2. The van der Waals surface area contributed by atoms with Gasteiger partial charge in [-0.25, -0.2) is 0 Å². The van der Waals surface area contributed by atoms with Crippen LogP contribution in [-0.4, -0.2) is 56.3 Å². The topological polar surface area (TPSA) is 52.6 Å². The molecule has 0 radical (unpaired) electrons. The summed E-state index contributed by atoms with van der Waals surface area (Å²) in [6, 6.07) is 0. The number of quaternary nitrogens is 1. The van der Waals surface area contributed by atoms with E-state index in [9.17, 15) is 9.59 Å². The third kappa shape index (κ3) is 2.75. The first-order valence-corrected chi connectivity index (χ1v) is 8.62. The number of fused-ring (bicyclic) bond motifs is 1. The van der Waals surface area contributed by atoms with Crippen LogP contribution in [0.15, 0.2) is 0 Å². The van der Waals surface area contributed by atoms with Crippen LogP contribution in [-0.2, 0) is 19.1 Å². The SMILES string of the molecule is CCC[N+](C)(C)CCCOC(=O)C1C2CC3OC(=O)C1C3C2. The predicted molar refractivity (Wildman–Crippen MR) is 80.8 cm³/mol. The van der Waals surface area contributed by atoms with Gasteiger partial charge in [-0.1, -0.05) is 6.92 Å². The fraction of sp³-hybridized carbons (Fsp3) is 0.882. The smallest absolute Gasteiger partial charge is 0.310 e. The first kappa shape index (κ1) is 15.8. The van der Waals surface area contributed by atoms with Crippen molar-refractivity contribution < 1.29 is 23.5 Å². The van der Waals surface area contributed by atoms with Gasteiger partial charge in [0.25, 0.3) is 0 Å². The minimum atomic E-state index is -0.241. The standard InChI is InChI=1S/C17H28NO4/c1-4-6-18(2,3)7-5-8-21-16(19)14-11-9-12-13(10-11)22-17(20)15(12)14/h11-15H,4-10H2,1-3H3/q+1. The third-order valence-corrected chi connectivity index (χ3v) is 5.74. The quantitative estimate of drug-likeness (QED) is 0.407. The number of esters is 2. The maximum atomic E-state index is 12.4. The Morgan fingerprint density at radius 1 is 1.32 bits per heavy atom. The van der Waals surface area contributed by atoms with Gasteiger partial charge in [0.1, 0.15) is 6.10 Å². The number of nitrogens with zero attached hydrogens (tertiary/aromatic N) is 1. The Morgan fingerprint density at radius 3 is 2.82 bits per heavy atom. The molecule has 5 unspecified atom stereocenters. The summed E-state index contributed by atoms with van der Waals surface area (Å²) in [5.41, 5.74) is 0. The summed E-state index contributed by atoms with van der Waals surface area (Å²) >= 11 is 0. The molecule has 2 saturated carbocycles. The first-order chi connectivity index (χ1) is 10.4. The Hall–Kier alpha value is -1.10. The van der Waals surface area contributed by atoms with Crippen LogP contribution in [0.2, 0.25) is 0 Å². The van der Waals surface area contributed by atoms with Crippen molar-refractivity contribution in [2.24, 2.45) is 23.7 Å². The molecule has 0 aromatic carbocycles. The zero-order valence-electron chi connectivity index (χ0n) is 13.9. The molecule has 3 fully saturated rings. The van der Waals surface area contributed by atoms with E-state index in [1.807, 2.05) is 0 Å². The monoisotopic (exact) mass is 310 g/mol. The molecular formula is C17H28NO4+. The van der Waals surface area contributed by atoms with E-state index in [4.69, 9.17) is 9.47 Å².